The van der Waals surface area contributed by atoms with Crippen molar-refractivity contribution in [1.82, 2.24) is 4.90 Å². The SMILES string of the molecule is COC(=O)C1CCCN(C(=O)c2ccc(Br)cc2)C1. The van der Waals surface area contributed by atoms with E-state index in [1.807, 2.05) is 12.1 Å². The van der Waals surface area contributed by atoms with Crippen LogP contribution >= 0.6 is 15.9 Å². The van der Waals surface area contributed by atoms with Crippen LogP contribution in [0.4, 0.5) is 0 Å². The molecule has 0 aromatic heterocycles. The van der Waals surface area contributed by atoms with Crippen molar-refractivity contribution in [2.45, 2.75) is 12.8 Å². The predicted molar refractivity (Wildman–Crippen MR) is 74.8 cm³/mol. The number of ether oxygens (including phenoxy) is 1. The number of halogens is 1. The summed E-state index contributed by atoms with van der Waals surface area (Å²) in [5, 5.41) is 0. The first-order chi connectivity index (χ1) is 9.11. The molecule has 1 aromatic carbocycles. The van der Waals surface area contributed by atoms with Crippen molar-refractivity contribution in [3.63, 3.8) is 0 Å². The number of hydrogen-bond acceptors (Lipinski definition) is 3. The Bertz CT molecular complexity index is 472. The number of rotatable bonds is 2. The Morgan fingerprint density at radius 3 is 2.63 bits per heavy atom. The second-order valence-corrected chi connectivity index (χ2v) is 5.54. The lowest BCUT2D eigenvalue weighted by atomic mass is 9.97. The number of hydrogen-bond donors (Lipinski definition) is 0. The van der Waals surface area contributed by atoms with Gasteiger partial charge in [0.25, 0.3) is 5.91 Å². The third-order valence-electron chi connectivity index (χ3n) is 3.33. The van der Waals surface area contributed by atoms with Crippen molar-refractivity contribution in [3.05, 3.63) is 34.3 Å². The van der Waals surface area contributed by atoms with Gasteiger partial charge in [-0.1, -0.05) is 15.9 Å². The molecule has 1 unspecified atom stereocenters. The number of carbonyl (C=O) groups excluding carboxylic acids is 2. The largest absolute Gasteiger partial charge is 0.469 e. The third kappa shape index (κ3) is 3.35. The van der Waals surface area contributed by atoms with Gasteiger partial charge in [0.1, 0.15) is 0 Å². The molecular weight excluding hydrogens is 310 g/mol. The van der Waals surface area contributed by atoms with Gasteiger partial charge in [-0.25, -0.2) is 0 Å². The minimum Gasteiger partial charge on any atom is -0.469 e. The molecule has 1 fully saturated rings. The quantitative estimate of drug-likeness (QED) is 0.785. The molecule has 0 bridgehead atoms. The van der Waals surface area contributed by atoms with Crippen LogP contribution in [-0.2, 0) is 9.53 Å². The molecule has 1 atom stereocenters. The molecule has 1 aliphatic heterocycles. The summed E-state index contributed by atoms with van der Waals surface area (Å²) in [6.07, 6.45) is 1.62. The lowest BCUT2D eigenvalue weighted by molar-refractivity contribution is -0.146. The van der Waals surface area contributed by atoms with Gasteiger partial charge in [0.2, 0.25) is 0 Å². The summed E-state index contributed by atoms with van der Waals surface area (Å²) < 4.78 is 5.70. The van der Waals surface area contributed by atoms with Crippen LogP contribution in [0, 0.1) is 5.92 Å². The smallest absolute Gasteiger partial charge is 0.310 e. The van der Waals surface area contributed by atoms with Crippen molar-refractivity contribution in [3.8, 4) is 0 Å². The van der Waals surface area contributed by atoms with Gasteiger partial charge in [-0.15, -0.1) is 0 Å². The fourth-order valence-corrected chi connectivity index (χ4v) is 2.56. The van der Waals surface area contributed by atoms with E-state index in [0.717, 1.165) is 17.3 Å². The molecule has 1 amide bonds. The summed E-state index contributed by atoms with van der Waals surface area (Å²) in [6.45, 7) is 1.14. The lowest BCUT2D eigenvalue weighted by Gasteiger charge is -2.31. The molecule has 19 heavy (non-hydrogen) atoms. The zero-order chi connectivity index (χ0) is 13.8. The molecule has 5 heteroatoms. The molecule has 0 spiro atoms. The van der Waals surface area contributed by atoms with Crippen LogP contribution in [0.1, 0.15) is 23.2 Å². The Hall–Kier alpha value is -1.36. The van der Waals surface area contributed by atoms with Gasteiger partial charge < -0.3 is 9.64 Å². The second-order valence-electron chi connectivity index (χ2n) is 4.62. The van der Waals surface area contributed by atoms with E-state index in [1.54, 1.807) is 17.0 Å². The van der Waals surface area contributed by atoms with Crippen molar-refractivity contribution in [1.29, 1.82) is 0 Å². The molecule has 1 aromatic rings. The van der Waals surface area contributed by atoms with Gasteiger partial charge in [-0.2, -0.15) is 0 Å². The van der Waals surface area contributed by atoms with Crippen LogP contribution < -0.4 is 0 Å². The Balaban J connectivity index is 2.06. The Morgan fingerprint density at radius 2 is 2.00 bits per heavy atom. The highest BCUT2D eigenvalue weighted by Gasteiger charge is 2.29. The van der Waals surface area contributed by atoms with Gasteiger partial charge in [0, 0.05) is 23.1 Å². The molecule has 1 saturated heterocycles. The van der Waals surface area contributed by atoms with Crippen molar-refractivity contribution in [2.24, 2.45) is 5.92 Å². The molecule has 102 valence electrons. The maximum absolute atomic E-state index is 12.3. The van der Waals surface area contributed by atoms with Crippen LogP contribution in [0.3, 0.4) is 0 Å². The minimum absolute atomic E-state index is 0.0268. The molecule has 4 nitrogen and oxygen atoms in total. The highest BCUT2D eigenvalue weighted by Crippen LogP contribution is 2.20. The number of benzene rings is 1. The van der Waals surface area contributed by atoms with E-state index in [4.69, 9.17) is 4.74 Å². The summed E-state index contributed by atoms with van der Waals surface area (Å²) in [5.41, 5.74) is 0.647. The number of nitrogens with zero attached hydrogens (tertiary/aromatic N) is 1. The molecule has 0 aliphatic carbocycles. The maximum Gasteiger partial charge on any atom is 0.310 e. The van der Waals surface area contributed by atoms with Crippen LogP contribution in [-0.4, -0.2) is 37.0 Å². The van der Waals surface area contributed by atoms with Gasteiger partial charge in [-0.3, -0.25) is 9.59 Å². The zero-order valence-corrected chi connectivity index (χ0v) is 12.4. The van der Waals surface area contributed by atoms with Gasteiger partial charge in [-0.05, 0) is 37.1 Å². The van der Waals surface area contributed by atoms with Crippen LogP contribution in [0.15, 0.2) is 28.7 Å². The van der Waals surface area contributed by atoms with E-state index in [9.17, 15) is 9.59 Å². The molecular formula is C14H16BrNO3. The summed E-state index contributed by atoms with van der Waals surface area (Å²) in [7, 11) is 1.39. The third-order valence-corrected chi connectivity index (χ3v) is 3.86. The predicted octanol–water partition coefficient (Wildman–Crippen LogP) is 2.47. The van der Waals surface area contributed by atoms with E-state index in [1.165, 1.54) is 7.11 Å². The summed E-state index contributed by atoms with van der Waals surface area (Å²) >= 11 is 3.34. The van der Waals surface area contributed by atoms with E-state index in [0.29, 0.717) is 18.7 Å². The molecule has 0 N–H and O–H groups in total. The Labute approximate surface area is 120 Å². The first-order valence-corrected chi connectivity index (χ1v) is 7.04. The van der Waals surface area contributed by atoms with Crippen LogP contribution in [0.5, 0.6) is 0 Å². The van der Waals surface area contributed by atoms with E-state index >= 15 is 0 Å². The number of carbonyl (C=O) groups is 2. The lowest BCUT2D eigenvalue weighted by Crippen LogP contribution is -2.42. The van der Waals surface area contributed by atoms with E-state index in [2.05, 4.69) is 15.9 Å². The fraction of sp³-hybridized carbons (Fsp3) is 0.429. The summed E-state index contributed by atoms with van der Waals surface area (Å²) in [5.74, 6) is -0.451. The minimum atomic E-state index is -0.228. The monoisotopic (exact) mass is 325 g/mol. The van der Waals surface area contributed by atoms with Crippen molar-refractivity contribution < 1.29 is 14.3 Å². The van der Waals surface area contributed by atoms with E-state index < -0.39 is 0 Å². The standard InChI is InChI=1S/C14H16BrNO3/c1-19-14(18)11-3-2-8-16(9-11)13(17)10-4-6-12(15)7-5-10/h4-7,11H,2-3,8-9H2,1H3. The zero-order valence-electron chi connectivity index (χ0n) is 10.8. The van der Waals surface area contributed by atoms with Gasteiger partial charge >= 0.3 is 5.97 Å². The van der Waals surface area contributed by atoms with Crippen LogP contribution in [0.2, 0.25) is 0 Å². The molecule has 0 saturated carbocycles. The van der Waals surface area contributed by atoms with Crippen molar-refractivity contribution in [2.75, 3.05) is 20.2 Å². The molecule has 2 rings (SSSR count). The first-order valence-electron chi connectivity index (χ1n) is 6.24. The number of amides is 1. The maximum atomic E-state index is 12.3. The number of piperidine rings is 1. The highest BCUT2D eigenvalue weighted by atomic mass is 79.9. The van der Waals surface area contributed by atoms with Gasteiger partial charge in [0.05, 0.1) is 13.0 Å². The van der Waals surface area contributed by atoms with Crippen LogP contribution in [0.25, 0.3) is 0 Å². The second kappa shape index (κ2) is 6.19. The average Bonchev–Trinajstić information content (AvgIpc) is 2.46. The highest BCUT2D eigenvalue weighted by molar-refractivity contribution is 9.10. The Morgan fingerprint density at radius 1 is 1.32 bits per heavy atom. The first kappa shape index (κ1) is 14.1. The number of methoxy groups -OCH3 is 1. The fourth-order valence-electron chi connectivity index (χ4n) is 2.30. The molecule has 1 heterocycles. The van der Waals surface area contributed by atoms with E-state index in [-0.39, 0.29) is 17.8 Å². The van der Waals surface area contributed by atoms with Gasteiger partial charge in [0.15, 0.2) is 0 Å². The number of likely N-dealkylation sites (tertiary alicyclic amines) is 1. The molecule has 1 aliphatic rings. The number of esters is 1. The normalized spacial score (nSPS) is 19.1. The Kier molecular flexibility index (Phi) is 4.58. The summed E-state index contributed by atoms with van der Waals surface area (Å²) in [6, 6.07) is 7.26. The summed E-state index contributed by atoms with van der Waals surface area (Å²) in [4.78, 5) is 25.6. The molecule has 0 radical (unpaired) electrons. The average molecular weight is 326 g/mol. The van der Waals surface area contributed by atoms with Crippen molar-refractivity contribution >= 4 is 27.8 Å². The topological polar surface area (TPSA) is 46.6 Å².